The average molecular weight is 333 g/mol. The fourth-order valence-corrected chi connectivity index (χ4v) is 3.30. The van der Waals surface area contributed by atoms with E-state index in [1.807, 2.05) is 6.08 Å². The molecule has 1 aromatic rings. The summed E-state index contributed by atoms with van der Waals surface area (Å²) in [5.74, 6) is -0.934. The highest BCUT2D eigenvalue weighted by molar-refractivity contribution is 6.30. The number of nitrogens with one attached hydrogen (secondary N) is 1. The zero-order valence-corrected chi connectivity index (χ0v) is 13.5. The van der Waals surface area contributed by atoms with Crippen molar-refractivity contribution in [1.82, 2.24) is 4.90 Å². The fourth-order valence-electron chi connectivity index (χ4n) is 3.05. The Bertz CT molecular complexity index is 696. The predicted octanol–water partition coefficient (Wildman–Crippen LogP) is 2.78. The van der Waals surface area contributed by atoms with Crippen molar-refractivity contribution in [3.63, 3.8) is 0 Å². The van der Waals surface area contributed by atoms with E-state index in [0.29, 0.717) is 23.4 Å². The Morgan fingerprint density at radius 1 is 1.22 bits per heavy atom. The van der Waals surface area contributed by atoms with E-state index < -0.39 is 0 Å². The fraction of sp³-hybridized carbons (Fsp3) is 0.353. The minimum atomic E-state index is -0.332. The molecule has 0 aromatic heterocycles. The summed E-state index contributed by atoms with van der Waals surface area (Å²) in [6.07, 6.45) is 2.80. The van der Waals surface area contributed by atoms with E-state index in [-0.39, 0.29) is 36.1 Å². The van der Waals surface area contributed by atoms with Gasteiger partial charge in [0.2, 0.25) is 11.8 Å². The molecule has 1 heterocycles. The number of benzene rings is 1. The maximum Gasteiger partial charge on any atom is 0.234 e. The molecule has 0 radical (unpaired) electrons. The molecule has 1 aromatic carbocycles. The Morgan fingerprint density at radius 2 is 1.87 bits per heavy atom. The van der Waals surface area contributed by atoms with Crippen LogP contribution in [-0.2, 0) is 9.59 Å². The number of hydrogen-bond donors (Lipinski definition) is 1. The lowest BCUT2D eigenvalue weighted by Gasteiger charge is -2.17. The van der Waals surface area contributed by atoms with E-state index in [4.69, 9.17) is 11.6 Å². The Hall–Kier alpha value is -2.14. The van der Waals surface area contributed by atoms with E-state index >= 15 is 0 Å². The molecule has 120 valence electrons. The first-order valence-corrected chi connectivity index (χ1v) is 7.90. The van der Waals surface area contributed by atoms with Crippen LogP contribution >= 0.6 is 11.6 Å². The molecule has 1 fully saturated rings. The van der Waals surface area contributed by atoms with Crippen LogP contribution in [0.25, 0.3) is 0 Å². The number of fused-ring (bicyclic) bond motifs is 1. The third kappa shape index (κ3) is 3.01. The number of hydrogen-bond acceptors (Lipinski definition) is 4. The van der Waals surface area contributed by atoms with Gasteiger partial charge in [-0.2, -0.15) is 0 Å². The Morgan fingerprint density at radius 3 is 2.52 bits per heavy atom. The van der Waals surface area contributed by atoms with Crippen molar-refractivity contribution in [1.29, 1.82) is 0 Å². The van der Waals surface area contributed by atoms with E-state index in [0.717, 1.165) is 5.69 Å². The average Bonchev–Trinajstić information content (AvgIpc) is 2.77. The number of nitrogens with zero attached hydrogens (tertiary/aromatic N) is 1. The maximum atomic E-state index is 12.4. The number of ketones is 1. The molecule has 0 spiro atoms. The first-order chi connectivity index (χ1) is 11.0. The number of allylic oxidation sites excluding steroid dienone is 2. The normalized spacial score (nSPS) is 23.6. The second-order valence-corrected chi connectivity index (χ2v) is 6.36. The summed E-state index contributed by atoms with van der Waals surface area (Å²) in [7, 11) is 0. The number of likely N-dealkylation sites (tertiary alicyclic amines) is 1. The van der Waals surface area contributed by atoms with Gasteiger partial charge in [0.05, 0.1) is 18.5 Å². The highest BCUT2D eigenvalue weighted by atomic mass is 35.5. The number of carbonyl (C=O) groups is 3. The summed E-state index contributed by atoms with van der Waals surface area (Å²) < 4.78 is 0. The number of amides is 2. The zero-order valence-electron chi connectivity index (χ0n) is 12.7. The van der Waals surface area contributed by atoms with Gasteiger partial charge in [-0.1, -0.05) is 17.7 Å². The molecule has 0 unspecified atom stereocenters. The second kappa shape index (κ2) is 6.16. The van der Waals surface area contributed by atoms with Gasteiger partial charge in [0, 0.05) is 16.3 Å². The minimum absolute atomic E-state index is 0.00472. The van der Waals surface area contributed by atoms with Gasteiger partial charge in [-0.05, 0) is 44.0 Å². The molecule has 0 bridgehead atoms. The van der Waals surface area contributed by atoms with Crippen molar-refractivity contribution >= 4 is 34.9 Å². The van der Waals surface area contributed by atoms with Gasteiger partial charge in [0.15, 0.2) is 5.78 Å². The third-order valence-electron chi connectivity index (χ3n) is 4.39. The molecular weight excluding hydrogens is 316 g/mol. The number of imide groups is 1. The molecule has 1 saturated heterocycles. The summed E-state index contributed by atoms with van der Waals surface area (Å²) in [5, 5.41) is 3.71. The van der Waals surface area contributed by atoms with Crippen LogP contribution in [-0.4, -0.2) is 29.2 Å². The molecular formula is C17H17ClN2O3. The highest BCUT2D eigenvalue weighted by Gasteiger charge is 2.48. The van der Waals surface area contributed by atoms with Gasteiger partial charge in [-0.15, -0.1) is 0 Å². The van der Waals surface area contributed by atoms with Crippen LogP contribution < -0.4 is 5.32 Å². The van der Waals surface area contributed by atoms with Crippen LogP contribution in [0.1, 0.15) is 30.1 Å². The number of carbonyl (C=O) groups excluding carboxylic acids is 3. The number of Topliss-reactive ketones (excluding diaryl/α,β-unsaturated/α-hetero) is 1. The standard InChI is InChI=1S/C17H17ClN2O3/c1-10(21)11-2-5-13(6-3-11)19-9-20-16(22)14-7-4-12(18)8-15(14)17(20)23/h2-6,14-15,19H,7-9H2,1H3/t14-,15-/m0/s1. The molecule has 1 aliphatic carbocycles. The first-order valence-electron chi connectivity index (χ1n) is 7.52. The van der Waals surface area contributed by atoms with Crippen LogP contribution in [0, 0.1) is 11.8 Å². The van der Waals surface area contributed by atoms with Gasteiger partial charge in [0.1, 0.15) is 0 Å². The third-order valence-corrected chi connectivity index (χ3v) is 4.70. The zero-order chi connectivity index (χ0) is 16.6. The number of anilines is 1. The van der Waals surface area contributed by atoms with Crippen LogP contribution in [0.15, 0.2) is 35.4 Å². The molecule has 2 aliphatic rings. The quantitative estimate of drug-likeness (QED) is 0.680. The van der Waals surface area contributed by atoms with Gasteiger partial charge in [0.25, 0.3) is 0 Å². The number of halogens is 1. The lowest BCUT2D eigenvalue weighted by molar-refractivity contribution is -0.139. The molecule has 6 heteroatoms. The molecule has 1 aliphatic heterocycles. The van der Waals surface area contributed by atoms with E-state index in [9.17, 15) is 14.4 Å². The lowest BCUT2D eigenvalue weighted by Crippen LogP contribution is -2.35. The molecule has 3 rings (SSSR count). The molecule has 0 saturated carbocycles. The largest absolute Gasteiger partial charge is 0.367 e. The maximum absolute atomic E-state index is 12.4. The van der Waals surface area contributed by atoms with Crippen LogP contribution in [0.2, 0.25) is 0 Å². The summed E-state index contributed by atoms with van der Waals surface area (Å²) in [6.45, 7) is 1.63. The predicted molar refractivity (Wildman–Crippen MR) is 86.9 cm³/mol. The van der Waals surface area contributed by atoms with Crippen molar-refractivity contribution < 1.29 is 14.4 Å². The van der Waals surface area contributed by atoms with E-state index in [1.54, 1.807) is 24.3 Å². The Kier molecular flexibility index (Phi) is 4.22. The summed E-state index contributed by atoms with van der Waals surface area (Å²) in [4.78, 5) is 37.3. The Balaban J connectivity index is 1.66. The van der Waals surface area contributed by atoms with Gasteiger partial charge in [-0.25, -0.2) is 0 Å². The summed E-state index contributed by atoms with van der Waals surface area (Å²) in [5.41, 5.74) is 1.37. The van der Waals surface area contributed by atoms with Crippen molar-refractivity contribution in [2.24, 2.45) is 11.8 Å². The molecule has 1 N–H and O–H groups in total. The molecule has 23 heavy (non-hydrogen) atoms. The van der Waals surface area contributed by atoms with E-state index in [2.05, 4.69) is 5.32 Å². The highest BCUT2D eigenvalue weighted by Crippen LogP contribution is 2.38. The van der Waals surface area contributed by atoms with Crippen molar-refractivity contribution in [2.45, 2.75) is 19.8 Å². The van der Waals surface area contributed by atoms with Gasteiger partial charge in [-0.3, -0.25) is 19.3 Å². The summed E-state index contributed by atoms with van der Waals surface area (Å²) in [6, 6.07) is 6.93. The second-order valence-electron chi connectivity index (χ2n) is 5.88. The van der Waals surface area contributed by atoms with Crippen molar-refractivity contribution in [3.05, 3.63) is 40.9 Å². The monoisotopic (exact) mass is 332 g/mol. The molecule has 2 amide bonds. The topological polar surface area (TPSA) is 66.5 Å². The molecule has 5 nitrogen and oxygen atoms in total. The minimum Gasteiger partial charge on any atom is -0.367 e. The van der Waals surface area contributed by atoms with E-state index in [1.165, 1.54) is 11.8 Å². The van der Waals surface area contributed by atoms with Crippen molar-refractivity contribution in [3.8, 4) is 0 Å². The lowest BCUT2D eigenvalue weighted by atomic mass is 9.85. The number of rotatable bonds is 4. The van der Waals surface area contributed by atoms with Crippen LogP contribution in [0.4, 0.5) is 5.69 Å². The summed E-state index contributed by atoms with van der Waals surface area (Å²) >= 11 is 5.99. The molecule has 2 atom stereocenters. The first kappa shape index (κ1) is 15.7. The Labute approximate surface area is 139 Å². The van der Waals surface area contributed by atoms with Crippen LogP contribution in [0.5, 0.6) is 0 Å². The van der Waals surface area contributed by atoms with Crippen molar-refractivity contribution in [2.75, 3.05) is 12.0 Å². The van der Waals surface area contributed by atoms with Gasteiger partial charge < -0.3 is 5.32 Å². The van der Waals surface area contributed by atoms with Crippen LogP contribution in [0.3, 0.4) is 0 Å². The smallest absolute Gasteiger partial charge is 0.234 e. The van der Waals surface area contributed by atoms with Gasteiger partial charge >= 0.3 is 0 Å². The SMILES string of the molecule is CC(=O)c1ccc(NCN2C(=O)[C@H]3CC=C(Cl)C[C@@H]3C2=O)cc1.